The fourth-order valence-electron chi connectivity index (χ4n) is 4.50. The topological polar surface area (TPSA) is 49.9 Å². The maximum atomic E-state index is 13.7. The standard InChI is InChI=1S/C20H23FN2O3S/c1-22-11-15-12-23(27(24,25)18-8-6-17(26-2)7-9-18)13-19(15)20(22)14-4-3-5-16(21)10-14/h3-10,15,19-20H,11-13H2,1-2H3/t15-,19+,20-/m0/s1. The molecule has 2 aromatic rings. The van der Waals surface area contributed by atoms with Crippen molar-refractivity contribution in [3.8, 4) is 5.75 Å². The molecule has 5 nitrogen and oxygen atoms in total. The smallest absolute Gasteiger partial charge is 0.243 e. The van der Waals surface area contributed by atoms with Gasteiger partial charge in [-0.2, -0.15) is 4.31 Å². The third kappa shape index (κ3) is 3.24. The summed E-state index contributed by atoms with van der Waals surface area (Å²) in [5.41, 5.74) is 0.911. The van der Waals surface area contributed by atoms with Gasteiger partial charge in [-0.05, 0) is 60.8 Å². The molecular formula is C20H23FN2O3S. The van der Waals surface area contributed by atoms with Crippen molar-refractivity contribution in [2.24, 2.45) is 11.8 Å². The van der Waals surface area contributed by atoms with Gasteiger partial charge in [0, 0.05) is 25.7 Å². The zero-order valence-electron chi connectivity index (χ0n) is 15.4. The number of hydrogen-bond donors (Lipinski definition) is 0. The Kier molecular flexibility index (Phi) is 4.70. The first kappa shape index (κ1) is 18.4. The third-order valence-electron chi connectivity index (χ3n) is 5.75. The Labute approximate surface area is 159 Å². The van der Waals surface area contributed by atoms with Crippen molar-refractivity contribution < 1.29 is 17.5 Å². The maximum absolute atomic E-state index is 13.7. The molecule has 2 heterocycles. The van der Waals surface area contributed by atoms with Gasteiger partial charge in [-0.15, -0.1) is 0 Å². The molecule has 0 aliphatic carbocycles. The Hall–Kier alpha value is -1.96. The lowest BCUT2D eigenvalue weighted by atomic mass is 9.89. The highest BCUT2D eigenvalue weighted by atomic mass is 32.2. The van der Waals surface area contributed by atoms with Crippen molar-refractivity contribution in [2.45, 2.75) is 10.9 Å². The average Bonchev–Trinajstić information content (AvgIpc) is 3.18. The van der Waals surface area contributed by atoms with E-state index in [1.54, 1.807) is 47.8 Å². The van der Waals surface area contributed by atoms with Crippen molar-refractivity contribution in [1.82, 2.24) is 9.21 Å². The van der Waals surface area contributed by atoms with Crippen molar-refractivity contribution >= 4 is 10.0 Å². The van der Waals surface area contributed by atoms with Crippen molar-refractivity contribution in [1.29, 1.82) is 0 Å². The molecular weight excluding hydrogens is 367 g/mol. The minimum absolute atomic E-state index is 0.0294. The third-order valence-corrected chi connectivity index (χ3v) is 7.59. The van der Waals surface area contributed by atoms with E-state index >= 15 is 0 Å². The predicted molar refractivity (Wildman–Crippen MR) is 101 cm³/mol. The van der Waals surface area contributed by atoms with Gasteiger partial charge in [-0.1, -0.05) is 12.1 Å². The number of likely N-dealkylation sites (tertiary alicyclic amines) is 1. The van der Waals surface area contributed by atoms with E-state index in [1.807, 2.05) is 13.1 Å². The maximum Gasteiger partial charge on any atom is 0.243 e. The molecule has 0 N–H and O–H groups in total. The summed E-state index contributed by atoms with van der Waals surface area (Å²) in [6.45, 7) is 1.75. The highest BCUT2D eigenvalue weighted by Crippen LogP contribution is 2.45. The lowest BCUT2D eigenvalue weighted by molar-refractivity contribution is 0.260. The summed E-state index contributed by atoms with van der Waals surface area (Å²) in [7, 11) is 0.0220. The van der Waals surface area contributed by atoms with Crippen LogP contribution in [-0.2, 0) is 10.0 Å². The summed E-state index contributed by atoms with van der Waals surface area (Å²) in [6.07, 6.45) is 0. The van der Waals surface area contributed by atoms with E-state index in [2.05, 4.69) is 4.90 Å². The monoisotopic (exact) mass is 390 g/mol. The van der Waals surface area contributed by atoms with Gasteiger partial charge < -0.3 is 4.74 Å². The van der Waals surface area contributed by atoms with Gasteiger partial charge in [0.05, 0.1) is 12.0 Å². The van der Waals surface area contributed by atoms with Gasteiger partial charge in [-0.25, -0.2) is 12.8 Å². The van der Waals surface area contributed by atoms with Gasteiger partial charge in [0.15, 0.2) is 0 Å². The van der Waals surface area contributed by atoms with Crippen LogP contribution in [0.3, 0.4) is 0 Å². The van der Waals surface area contributed by atoms with Crippen LogP contribution in [0.25, 0.3) is 0 Å². The Morgan fingerprint density at radius 1 is 1.07 bits per heavy atom. The number of halogens is 1. The minimum Gasteiger partial charge on any atom is -0.497 e. The van der Waals surface area contributed by atoms with Gasteiger partial charge in [0.25, 0.3) is 0 Å². The van der Waals surface area contributed by atoms with Crippen LogP contribution < -0.4 is 4.74 Å². The van der Waals surface area contributed by atoms with E-state index < -0.39 is 10.0 Å². The summed E-state index contributed by atoms with van der Waals surface area (Å²) < 4.78 is 46.5. The molecule has 2 saturated heterocycles. The van der Waals surface area contributed by atoms with Crippen molar-refractivity contribution in [3.05, 3.63) is 59.9 Å². The fraction of sp³-hybridized carbons (Fsp3) is 0.400. The predicted octanol–water partition coefficient (Wildman–Crippen LogP) is 2.76. The Morgan fingerprint density at radius 3 is 2.48 bits per heavy atom. The number of fused-ring (bicyclic) bond motifs is 1. The second kappa shape index (κ2) is 6.89. The second-order valence-corrected chi connectivity index (χ2v) is 9.30. The van der Waals surface area contributed by atoms with E-state index in [-0.39, 0.29) is 28.6 Å². The molecule has 2 fully saturated rings. The number of ether oxygens (including phenoxy) is 1. The first-order valence-electron chi connectivity index (χ1n) is 9.00. The lowest BCUT2D eigenvalue weighted by Gasteiger charge is -2.26. The molecule has 4 rings (SSSR count). The Morgan fingerprint density at radius 2 is 1.81 bits per heavy atom. The molecule has 144 valence electrons. The van der Waals surface area contributed by atoms with E-state index in [9.17, 15) is 12.8 Å². The van der Waals surface area contributed by atoms with Crippen LogP contribution in [0, 0.1) is 17.7 Å². The summed E-state index contributed by atoms with van der Waals surface area (Å²) in [5, 5.41) is 0. The first-order valence-corrected chi connectivity index (χ1v) is 10.4. The molecule has 0 amide bonds. The number of rotatable bonds is 4. The SMILES string of the molecule is COc1ccc(S(=O)(=O)N2C[C@@H]3CN(C)[C@@H](c4cccc(F)c4)[C@@H]3C2)cc1. The zero-order chi connectivity index (χ0) is 19.2. The van der Waals surface area contributed by atoms with Crippen LogP contribution in [0.5, 0.6) is 5.75 Å². The number of sulfonamides is 1. The van der Waals surface area contributed by atoms with Crippen LogP contribution in [-0.4, -0.2) is 51.4 Å². The molecule has 7 heteroatoms. The molecule has 0 unspecified atom stereocenters. The van der Waals surface area contributed by atoms with Crippen LogP contribution in [0.4, 0.5) is 4.39 Å². The average molecular weight is 390 g/mol. The first-order chi connectivity index (χ1) is 12.9. The second-order valence-electron chi connectivity index (χ2n) is 7.36. The lowest BCUT2D eigenvalue weighted by Crippen LogP contribution is -2.33. The minimum atomic E-state index is -3.55. The molecule has 3 atom stereocenters. The summed E-state index contributed by atoms with van der Waals surface area (Å²) in [5.74, 6) is 0.770. The van der Waals surface area contributed by atoms with Crippen molar-refractivity contribution in [3.63, 3.8) is 0 Å². The normalized spacial score (nSPS) is 26.3. The van der Waals surface area contributed by atoms with Gasteiger partial charge >= 0.3 is 0 Å². The molecule has 0 aromatic heterocycles. The number of hydrogen-bond acceptors (Lipinski definition) is 4. The van der Waals surface area contributed by atoms with Crippen molar-refractivity contribution in [2.75, 3.05) is 33.8 Å². The Balaban J connectivity index is 1.58. The number of nitrogens with zero attached hydrogens (tertiary/aromatic N) is 2. The van der Waals surface area contributed by atoms with Gasteiger partial charge in [0.2, 0.25) is 10.0 Å². The largest absolute Gasteiger partial charge is 0.497 e. The molecule has 2 aliphatic rings. The zero-order valence-corrected chi connectivity index (χ0v) is 16.2. The van der Waals surface area contributed by atoms with Gasteiger partial charge in [0.1, 0.15) is 11.6 Å². The molecule has 0 saturated carbocycles. The summed E-state index contributed by atoms with van der Waals surface area (Å²) in [6, 6.07) is 13.1. The quantitative estimate of drug-likeness (QED) is 0.806. The molecule has 0 bridgehead atoms. The molecule has 0 radical (unpaired) electrons. The van der Waals surface area contributed by atoms with E-state index in [1.165, 1.54) is 6.07 Å². The molecule has 0 spiro atoms. The van der Waals surface area contributed by atoms with E-state index in [0.29, 0.717) is 18.8 Å². The van der Waals surface area contributed by atoms with Crippen LogP contribution in [0.1, 0.15) is 11.6 Å². The summed E-state index contributed by atoms with van der Waals surface area (Å²) in [4.78, 5) is 2.49. The van der Waals surface area contributed by atoms with E-state index in [0.717, 1.165) is 12.1 Å². The van der Waals surface area contributed by atoms with E-state index in [4.69, 9.17) is 4.74 Å². The highest BCUT2D eigenvalue weighted by molar-refractivity contribution is 7.89. The fourth-order valence-corrected chi connectivity index (χ4v) is 6.04. The van der Waals surface area contributed by atoms with Crippen LogP contribution in [0.2, 0.25) is 0 Å². The van der Waals surface area contributed by atoms with Gasteiger partial charge in [-0.3, -0.25) is 4.90 Å². The molecule has 2 aliphatic heterocycles. The number of benzene rings is 2. The molecule has 27 heavy (non-hydrogen) atoms. The van der Waals surface area contributed by atoms with Crippen LogP contribution in [0.15, 0.2) is 53.4 Å². The summed E-state index contributed by atoms with van der Waals surface area (Å²) >= 11 is 0. The number of methoxy groups -OCH3 is 1. The highest BCUT2D eigenvalue weighted by Gasteiger charge is 2.49. The molecule has 2 aromatic carbocycles. The Bertz CT molecular complexity index is 932. The van der Waals surface area contributed by atoms with Crippen LogP contribution >= 0.6 is 0 Å².